The molecule has 2 amide bonds. The van der Waals surface area contributed by atoms with Crippen molar-refractivity contribution >= 4 is 29.0 Å². The summed E-state index contributed by atoms with van der Waals surface area (Å²) in [5, 5.41) is -0.207. The van der Waals surface area contributed by atoms with Gasteiger partial charge in [0.2, 0.25) is 0 Å². The topological polar surface area (TPSA) is 55.8 Å². The third kappa shape index (κ3) is 4.32. The zero-order valence-corrected chi connectivity index (χ0v) is 15.1. The van der Waals surface area contributed by atoms with Crippen molar-refractivity contribution in [1.29, 1.82) is 0 Å². The highest BCUT2D eigenvalue weighted by molar-refractivity contribution is 8.18. The van der Waals surface area contributed by atoms with Crippen molar-refractivity contribution in [2.45, 2.75) is 33.6 Å². The molecule has 1 saturated heterocycles. The first kappa shape index (κ1) is 18.4. The van der Waals surface area contributed by atoms with E-state index in [0.29, 0.717) is 36.2 Å². The minimum Gasteiger partial charge on any atom is -0.490 e. The number of imide groups is 1. The highest BCUT2D eigenvalue weighted by Gasteiger charge is 2.34. The fraction of sp³-hybridized carbons (Fsp3) is 0.444. The molecule has 1 aliphatic rings. The molecule has 1 aromatic carbocycles. The molecule has 1 aromatic rings. The zero-order chi connectivity index (χ0) is 17.5. The second-order valence-corrected chi connectivity index (χ2v) is 6.31. The molecular weight excluding hydrogens is 326 g/mol. The lowest BCUT2D eigenvalue weighted by molar-refractivity contribution is -0.122. The average Bonchev–Trinajstić information content (AvgIpc) is 2.82. The zero-order valence-electron chi connectivity index (χ0n) is 14.3. The number of carbonyl (C=O) groups is 2. The van der Waals surface area contributed by atoms with Crippen LogP contribution in [0, 0.1) is 0 Å². The third-order valence-corrected chi connectivity index (χ3v) is 4.26. The van der Waals surface area contributed by atoms with Crippen molar-refractivity contribution in [2.75, 3.05) is 19.8 Å². The van der Waals surface area contributed by atoms with Crippen LogP contribution < -0.4 is 9.47 Å². The van der Waals surface area contributed by atoms with Gasteiger partial charge in [-0.1, -0.05) is 19.9 Å². The molecule has 0 radical (unpaired) electrons. The van der Waals surface area contributed by atoms with Crippen molar-refractivity contribution in [2.24, 2.45) is 0 Å². The van der Waals surface area contributed by atoms with E-state index >= 15 is 0 Å². The molecular formula is C18H23NO4S. The summed E-state index contributed by atoms with van der Waals surface area (Å²) in [7, 11) is 0. The summed E-state index contributed by atoms with van der Waals surface area (Å²) in [6.07, 6.45) is 3.40. The molecule has 0 unspecified atom stereocenters. The first-order valence-electron chi connectivity index (χ1n) is 8.25. The largest absolute Gasteiger partial charge is 0.490 e. The Hall–Kier alpha value is -1.95. The van der Waals surface area contributed by atoms with Crippen molar-refractivity contribution in [3.05, 3.63) is 28.7 Å². The Balaban J connectivity index is 2.24. The van der Waals surface area contributed by atoms with Crippen LogP contribution in [0.3, 0.4) is 0 Å². The highest BCUT2D eigenvalue weighted by Crippen LogP contribution is 2.34. The lowest BCUT2D eigenvalue weighted by Crippen LogP contribution is -2.28. The summed E-state index contributed by atoms with van der Waals surface area (Å²) in [4.78, 5) is 25.9. The molecule has 1 aliphatic heterocycles. The van der Waals surface area contributed by atoms with Crippen molar-refractivity contribution in [3.63, 3.8) is 0 Å². The molecule has 0 bridgehead atoms. The van der Waals surface area contributed by atoms with Gasteiger partial charge in [-0.05, 0) is 55.3 Å². The standard InChI is InChI=1S/C18H23NO4S/c1-4-9-19-17(20)16(24-18(19)21)12-13-7-8-14(23-10-5-2)15(11-13)22-6-3/h7-8,11-12H,4-6,9-10H2,1-3H3/b16-12-. The van der Waals surface area contributed by atoms with Gasteiger partial charge < -0.3 is 9.47 Å². The van der Waals surface area contributed by atoms with Crippen LogP contribution in [0.4, 0.5) is 4.79 Å². The van der Waals surface area contributed by atoms with E-state index in [2.05, 4.69) is 0 Å². The van der Waals surface area contributed by atoms with Crippen LogP contribution in [0.15, 0.2) is 23.1 Å². The van der Waals surface area contributed by atoms with E-state index in [1.54, 1.807) is 6.08 Å². The van der Waals surface area contributed by atoms with E-state index in [1.165, 1.54) is 4.90 Å². The van der Waals surface area contributed by atoms with Crippen LogP contribution in [-0.4, -0.2) is 35.8 Å². The summed E-state index contributed by atoms with van der Waals surface area (Å²) >= 11 is 0.980. The van der Waals surface area contributed by atoms with Gasteiger partial charge in [0.05, 0.1) is 18.1 Å². The second-order valence-electron chi connectivity index (χ2n) is 5.32. The van der Waals surface area contributed by atoms with Crippen LogP contribution in [0.2, 0.25) is 0 Å². The van der Waals surface area contributed by atoms with E-state index in [-0.39, 0.29) is 11.1 Å². The summed E-state index contributed by atoms with van der Waals surface area (Å²) in [6, 6.07) is 5.53. The Labute approximate surface area is 147 Å². The fourth-order valence-electron chi connectivity index (χ4n) is 2.28. The lowest BCUT2D eigenvalue weighted by atomic mass is 10.2. The number of carbonyl (C=O) groups excluding carboxylic acids is 2. The van der Waals surface area contributed by atoms with Crippen LogP contribution in [0.25, 0.3) is 6.08 Å². The maximum absolute atomic E-state index is 12.3. The average molecular weight is 349 g/mol. The quantitative estimate of drug-likeness (QED) is 0.654. The van der Waals surface area contributed by atoms with Crippen LogP contribution >= 0.6 is 11.8 Å². The normalized spacial score (nSPS) is 16.1. The summed E-state index contributed by atoms with van der Waals surface area (Å²) in [5.74, 6) is 1.11. The summed E-state index contributed by atoms with van der Waals surface area (Å²) in [5.41, 5.74) is 0.810. The Bertz CT molecular complexity index is 642. The Morgan fingerprint density at radius 3 is 2.54 bits per heavy atom. The monoisotopic (exact) mass is 349 g/mol. The number of hydrogen-bond donors (Lipinski definition) is 0. The number of rotatable bonds is 8. The number of hydrogen-bond acceptors (Lipinski definition) is 5. The van der Waals surface area contributed by atoms with Gasteiger partial charge in [0, 0.05) is 6.54 Å². The first-order chi connectivity index (χ1) is 11.6. The minimum atomic E-state index is -0.226. The Morgan fingerprint density at radius 2 is 1.88 bits per heavy atom. The Morgan fingerprint density at radius 1 is 1.08 bits per heavy atom. The summed E-state index contributed by atoms with van der Waals surface area (Å²) < 4.78 is 11.3. The molecule has 1 heterocycles. The van der Waals surface area contributed by atoms with Gasteiger partial charge in [-0.2, -0.15) is 0 Å². The van der Waals surface area contributed by atoms with Gasteiger partial charge in [-0.3, -0.25) is 14.5 Å². The SMILES string of the molecule is CCCOc1ccc(/C=C2\SC(=O)N(CCC)C2=O)cc1OCC. The number of nitrogens with zero attached hydrogens (tertiary/aromatic N) is 1. The number of benzene rings is 1. The first-order valence-corrected chi connectivity index (χ1v) is 9.07. The maximum Gasteiger partial charge on any atom is 0.293 e. The molecule has 0 atom stereocenters. The molecule has 130 valence electrons. The van der Waals surface area contributed by atoms with E-state index in [4.69, 9.17) is 9.47 Å². The fourth-order valence-corrected chi connectivity index (χ4v) is 3.15. The van der Waals surface area contributed by atoms with Crippen molar-refractivity contribution in [3.8, 4) is 11.5 Å². The van der Waals surface area contributed by atoms with E-state index in [1.807, 2.05) is 39.0 Å². The van der Waals surface area contributed by atoms with Crippen molar-refractivity contribution in [1.82, 2.24) is 4.90 Å². The lowest BCUT2D eigenvalue weighted by Gasteiger charge is -2.12. The van der Waals surface area contributed by atoms with Gasteiger partial charge in [-0.15, -0.1) is 0 Å². The van der Waals surface area contributed by atoms with Crippen molar-refractivity contribution < 1.29 is 19.1 Å². The van der Waals surface area contributed by atoms with Gasteiger partial charge in [0.15, 0.2) is 11.5 Å². The number of amides is 2. The molecule has 1 fully saturated rings. The van der Waals surface area contributed by atoms with Crippen LogP contribution in [0.1, 0.15) is 39.2 Å². The van der Waals surface area contributed by atoms with E-state index < -0.39 is 0 Å². The van der Waals surface area contributed by atoms with Gasteiger partial charge in [0.1, 0.15) is 0 Å². The molecule has 6 heteroatoms. The van der Waals surface area contributed by atoms with Crippen LogP contribution in [-0.2, 0) is 4.79 Å². The Kier molecular flexibility index (Phi) is 6.73. The number of ether oxygens (including phenoxy) is 2. The van der Waals surface area contributed by atoms with Gasteiger partial charge >= 0.3 is 0 Å². The molecule has 2 rings (SSSR count). The van der Waals surface area contributed by atoms with E-state index in [9.17, 15) is 9.59 Å². The predicted molar refractivity (Wildman–Crippen MR) is 96.4 cm³/mol. The minimum absolute atomic E-state index is 0.207. The molecule has 0 aromatic heterocycles. The second kappa shape index (κ2) is 8.78. The highest BCUT2D eigenvalue weighted by atomic mass is 32.2. The molecule has 0 saturated carbocycles. The third-order valence-electron chi connectivity index (χ3n) is 3.35. The van der Waals surface area contributed by atoms with Gasteiger partial charge in [-0.25, -0.2) is 0 Å². The molecule has 24 heavy (non-hydrogen) atoms. The molecule has 0 N–H and O–H groups in total. The number of thioether (sulfide) groups is 1. The van der Waals surface area contributed by atoms with Crippen LogP contribution in [0.5, 0.6) is 11.5 Å². The molecule has 0 spiro atoms. The predicted octanol–water partition coefficient (Wildman–Crippen LogP) is 4.32. The van der Waals surface area contributed by atoms with E-state index in [0.717, 1.165) is 30.2 Å². The maximum atomic E-state index is 12.3. The smallest absolute Gasteiger partial charge is 0.293 e. The van der Waals surface area contributed by atoms with Gasteiger partial charge in [0.25, 0.3) is 11.1 Å². The summed E-state index contributed by atoms with van der Waals surface area (Å²) in [6.45, 7) is 7.49. The molecule has 0 aliphatic carbocycles. The molecule has 5 nitrogen and oxygen atoms in total.